The number of nitrogens with one attached hydrogen (secondary N) is 2. The van der Waals surface area contributed by atoms with Crippen molar-refractivity contribution in [3.05, 3.63) is 22.4 Å². The highest BCUT2D eigenvalue weighted by molar-refractivity contribution is 7.08. The van der Waals surface area contributed by atoms with Crippen molar-refractivity contribution in [1.29, 1.82) is 0 Å². The molecular weight excluding hydrogens is 300 g/mol. The molecule has 0 bridgehead atoms. The number of amides is 2. The van der Waals surface area contributed by atoms with Gasteiger partial charge in [-0.1, -0.05) is 0 Å². The van der Waals surface area contributed by atoms with Crippen molar-refractivity contribution in [1.82, 2.24) is 10.6 Å². The first-order chi connectivity index (χ1) is 10.0. The molecule has 1 rings (SSSR count). The molecule has 6 heteroatoms. The van der Waals surface area contributed by atoms with Crippen molar-refractivity contribution in [3.63, 3.8) is 0 Å². The van der Waals surface area contributed by atoms with Crippen molar-refractivity contribution in [2.75, 3.05) is 6.54 Å². The number of alkyl carbamates (subject to hydrolysis) is 1. The molecule has 2 amide bonds. The topological polar surface area (TPSA) is 67.4 Å². The Labute approximate surface area is 136 Å². The van der Waals surface area contributed by atoms with E-state index in [9.17, 15) is 9.59 Å². The molecule has 0 aliphatic carbocycles. The predicted octanol–water partition coefficient (Wildman–Crippen LogP) is 3.27. The van der Waals surface area contributed by atoms with Gasteiger partial charge in [-0.3, -0.25) is 4.79 Å². The van der Waals surface area contributed by atoms with Crippen LogP contribution in [0, 0.1) is 0 Å². The fourth-order valence-electron chi connectivity index (χ4n) is 1.77. The Morgan fingerprint density at radius 3 is 2.41 bits per heavy atom. The first kappa shape index (κ1) is 18.5. The van der Waals surface area contributed by atoms with Crippen molar-refractivity contribution in [3.8, 4) is 0 Å². The summed E-state index contributed by atoms with van der Waals surface area (Å²) >= 11 is 1.57. The number of hydrogen-bond acceptors (Lipinski definition) is 4. The van der Waals surface area contributed by atoms with E-state index in [0.29, 0.717) is 6.54 Å². The third-order valence-corrected chi connectivity index (χ3v) is 3.67. The molecule has 22 heavy (non-hydrogen) atoms. The van der Waals surface area contributed by atoms with E-state index < -0.39 is 17.2 Å². The van der Waals surface area contributed by atoms with Gasteiger partial charge in [-0.15, -0.1) is 0 Å². The van der Waals surface area contributed by atoms with Crippen molar-refractivity contribution in [2.24, 2.45) is 0 Å². The Hall–Kier alpha value is -1.56. The number of carbonyl (C=O) groups is 2. The van der Waals surface area contributed by atoms with Gasteiger partial charge in [0.2, 0.25) is 5.91 Å². The largest absolute Gasteiger partial charge is 0.444 e. The van der Waals surface area contributed by atoms with E-state index in [1.165, 1.54) is 0 Å². The Morgan fingerprint density at radius 2 is 1.91 bits per heavy atom. The van der Waals surface area contributed by atoms with Crippen molar-refractivity contribution >= 4 is 23.3 Å². The van der Waals surface area contributed by atoms with Crippen molar-refractivity contribution in [2.45, 2.75) is 58.6 Å². The van der Waals surface area contributed by atoms with Gasteiger partial charge in [-0.05, 0) is 63.9 Å². The maximum Gasteiger partial charge on any atom is 0.407 e. The van der Waals surface area contributed by atoms with E-state index in [-0.39, 0.29) is 11.8 Å². The number of ether oxygens (including phenoxy) is 1. The normalized spacial score (nSPS) is 13.4. The van der Waals surface area contributed by atoms with E-state index in [4.69, 9.17) is 4.74 Å². The number of rotatable bonds is 5. The molecule has 0 aliphatic rings. The van der Waals surface area contributed by atoms with Crippen LogP contribution in [-0.2, 0) is 9.53 Å². The van der Waals surface area contributed by atoms with Gasteiger partial charge in [0.15, 0.2) is 0 Å². The average molecular weight is 326 g/mol. The van der Waals surface area contributed by atoms with Crippen LogP contribution in [0.25, 0.3) is 0 Å². The van der Waals surface area contributed by atoms with Crippen LogP contribution in [0.4, 0.5) is 4.79 Å². The fraction of sp³-hybridized carbons (Fsp3) is 0.625. The average Bonchev–Trinajstić information content (AvgIpc) is 2.86. The third-order valence-electron chi connectivity index (χ3n) is 2.97. The molecule has 0 unspecified atom stereocenters. The quantitative estimate of drug-likeness (QED) is 0.872. The second-order valence-electron chi connectivity index (χ2n) is 7.01. The SMILES string of the molecule is C[C@@H](C(=O)NC(C)(C)CNC(=O)OC(C)(C)C)c1ccsc1. The van der Waals surface area contributed by atoms with Crippen molar-refractivity contribution < 1.29 is 14.3 Å². The summed E-state index contributed by atoms with van der Waals surface area (Å²) in [6, 6.07) is 1.95. The summed E-state index contributed by atoms with van der Waals surface area (Å²) in [5, 5.41) is 9.56. The smallest absolute Gasteiger partial charge is 0.407 e. The van der Waals surface area contributed by atoms with Gasteiger partial charge in [0.25, 0.3) is 0 Å². The highest BCUT2D eigenvalue weighted by atomic mass is 32.1. The van der Waals surface area contributed by atoms with E-state index in [1.54, 1.807) is 11.3 Å². The molecule has 124 valence electrons. The van der Waals surface area contributed by atoms with Crippen LogP contribution in [0.5, 0.6) is 0 Å². The molecule has 0 saturated carbocycles. The lowest BCUT2D eigenvalue weighted by Crippen LogP contribution is -2.52. The molecule has 0 aromatic carbocycles. The Bertz CT molecular complexity index is 504. The summed E-state index contributed by atoms with van der Waals surface area (Å²) in [5.41, 5.74) is -0.0955. The van der Waals surface area contributed by atoms with Crippen LogP contribution in [0.1, 0.15) is 53.0 Å². The molecule has 0 radical (unpaired) electrons. The van der Waals surface area contributed by atoms with Crippen LogP contribution in [-0.4, -0.2) is 29.7 Å². The van der Waals surface area contributed by atoms with Crippen LogP contribution >= 0.6 is 11.3 Å². The molecule has 1 atom stereocenters. The highest BCUT2D eigenvalue weighted by Gasteiger charge is 2.26. The maximum absolute atomic E-state index is 12.3. The van der Waals surface area contributed by atoms with Gasteiger partial charge in [-0.25, -0.2) is 4.79 Å². The van der Waals surface area contributed by atoms with Gasteiger partial charge >= 0.3 is 6.09 Å². The maximum atomic E-state index is 12.3. The Morgan fingerprint density at radius 1 is 1.27 bits per heavy atom. The highest BCUT2D eigenvalue weighted by Crippen LogP contribution is 2.19. The minimum atomic E-state index is -0.557. The van der Waals surface area contributed by atoms with Crippen LogP contribution in [0.2, 0.25) is 0 Å². The van der Waals surface area contributed by atoms with Crippen LogP contribution < -0.4 is 10.6 Å². The standard InChI is InChI=1S/C16H26N2O3S/c1-11(12-7-8-22-9-12)13(19)18-16(5,6)10-17-14(20)21-15(2,3)4/h7-9,11H,10H2,1-6H3,(H,17,20)(H,18,19)/t11-/m1/s1. The first-order valence-corrected chi connectivity index (χ1v) is 8.25. The molecule has 1 aromatic rings. The lowest BCUT2D eigenvalue weighted by molar-refractivity contribution is -0.123. The molecule has 0 saturated heterocycles. The zero-order chi connectivity index (χ0) is 17.0. The van der Waals surface area contributed by atoms with E-state index in [2.05, 4.69) is 10.6 Å². The summed E-state index contributed by atoms with van der Waals surface area (Å²) in [5.74, 6) is -0.276. The third kappa shape index (κ3) is 6.47. The number of carbonyl (C=O) groups excluding carboxylic acids is 2. The summed E-state index contributed by atoms with van der Waals surface area (Å²) in [4.78, 5) is 23.9. The monoisotopic (exact) mass is 326 g/mol. The molecule has 1 aromatic heterocycles. The minimum absolute atomic E-state index is 0.0608. The predicted molar refractivity (Wildman–Crippen MR) is 89.2 cm³/mol. The lowest BCUT2D eigenvalue weighted by Gasteiger charge is -2.29. The number of hydrogen-bond donors (Lipinski definition) is 2. The molecule has 0 aliphatic heterocycles. The zero-order valence-corrected chi connectivity index (χ0v) is 15.0. The van der Waals surface area contributed by atoms with Gasteiger partial charge in [0, 0.05) is 6.54 Å². The lowest BCUT2D eigenvalue weighted by atomic mass is 10.00. The Balaban J connectivity index is 2.49. The van der Waals surface area contributed by atoms with Gasteiger partial charge < -0.3 is 15.4 Å². The van der Waals surface area contributed by atoms with E-state index in [0.717, 1.165) is 5.56 Å². The summed E-state index contributed by atoms with van der Waals surface area (Å²) < 4.78 is 5.18. The molecule has 5 nitrogen and oxygen atoms in total. The second-order valence-corrected chi connectivity index (χ2v) is 7.79. The second kappa shape index (κ2) is 7.13. The molecule has 0 fully saturated rings. The zero-order valence-electron chi connectivity index (χ0n) is 14.1. The summed E-state index contributed by atoms with van der Waals surface area (Å²) in [6.07, 6.45) is -0.485. The molecule has 2 N–H and O–H groups in total. The number of thiophene rings is 1. The molecule has 1 heterocycles. The van der Waals surface area contributed by atoms with E-state index in [1.807, 2.05) is 58.4 Å². The van der Waals surface area contributed by atoms with Gasteiger partial charge in [-0.2, -0.15) is 11.3 Å². The van der Waals surface area contributed by atoms with Crippen LogP contribution in [0.15, 0.2) is 16.8 Å². The molecular formula is C16H26N2O3S. The summed E-state index contributed by atoms with van der Waals surface area (Å²) in [7, 11) is 0. The van der Waals surface area contributed by atoms with Crippen LogP contribution in [0.3, 0.4) is 0 Å². The summed E-state index contributed by atoms with van der Waals surface area (Å²) in [6.45, 7) is 11.3. The fourth-order valence-corrected chi connectivity index (χ4v) is 2.52. The van der Waals surface area contributed by atoms with Gasteiger partial charge in [0.05, 0.1) is 11.5 Å². The first-order valence-electron chi connectivity index (χ1n) is 7.31. The Kier molecular flexibility index (Phi) is 6.00. The van der Waals surface area contributed by atoms with E-state index >= 15 is 0 Å². The minimum Gasteiger partial charge on any atom is -0.444 e. The van der Waals surface area contributed by atoms with Gasteiger partial charge in [0.1, 0.15) is 5.60 Å². The molecule has 0 spiro atoms.